The van der Waals surface area contributed by atoms with Gasteiger partial charge in [-0.25, -0.2) is 4.79 Å². The van der Waals surface area contributed by atoms with E-state index in [0.29, 0.717) is 32.8 Å². The van der Waals surface area contributed by atoms with Crippen LogP contribution >= 0.6 is 0 Å². The third-order valence-corrected chi connectivity index (χ3v) is 3.25. The van der Waals surface area contributed by atoms with Gasteiger partial charge >= 0.3 is 12.1 Å². The van der Waals surface area contributed by atoms with Gasteiger partial charge in [-0.3, -0.25) is 9.69 Å². The van der Waals surface area contributed by atoms with Crippen molar-refractivity contribution in [2.75, 3.05) is 46.5 Å². The molecule has 1 fully saturated rings. The van der Waals surface area contributed by atoms with Crippen LogP contribution in [0.3, 0.4) is 0 Å². The highest BCUT2D eigenvalue weighted by Crippen LogP contribution is 2.15. The second-order valence-corrected chi connectivity index (χ2v) is 6.31. The molecule has 0 saturated carbocycles. The molecule has 1 rings (SSSR count). The van der Waals surface area contributed by atoms with Crippen LogP contribution in [0.1, 0.15) is 27.7 Å². The highest BCUT2D eigenvalue weighted by atomic mass is 16.6. The first-order valence-electron chi connectivity index (χ1n) is 7.63. The Balaban J connectivity index is 2.62. The van der Waals surface area contributed by atoms with Crippen molar-refractivity contribution >= 4 is 12.1 Å². The lowest BCUT2D eigenvalue weighted by Gasteiger charge is -2.40. The van der Waals surface area contributed by atoms with E-state index in [1.807, 2.05) is 25.7 Å². The quantitative estimate of drug-likeness (QED) is 0.708. The summed E-state index contributed by atoms with van der Waals surface area (Å²) in [5.74, 6) is -0.255. The van der Waals surface area contributed by atoms with Crippen LogP contribution in [-0.4, -0.2) is 80.0 Å². The van der Waals surface area contributed by atoms with Crippen LogP contribution in [0.4, 0.5) is 4.79 Å². The molecule has 0 aromatic heterocycles. The maximum atomic E-state index is 12.1. The second kappa shape index (κ2) is 8.33. The van der Waals surface area contributed by atoms with Crippen molar-refractivity contribution in [2.45, 2.75) is 39.3 Å². The predicted molar refractivity (Wildman–Crippen MR) is 81.7 cm³/mol. The first-order chi connectivity index (χ1) is 10.3. The first-order valence-corrected chi connectivity index (χ1v) is 7.63. The molecular formula is C15H28N2O5. The Morgan fingerprint density at radius 3 is 2.45 bits per heavy atom. The third kappa shape index (κ3) is 6.19. The molecule has 1 atom stereocenters. The van der Waals surface area contributed by atoms with Crippen LogP contribution in [0, 0.1) is 0 Å². The fraction of sp³-hybridized carbons (Fsp3) is 0.867. The van der Waals surface area contributed by atoms with E-state index in [1.54, 1.807) is 18.9 Å². The number of hydrogen-bond acceptors (Lipinski definition) is 6. The molecule has 0 spiro atoms. The Kier molecular flexibility index (Phi) is 7.09. The Morgan fingerprint density at radius 2 is 1.91 bits per heavy atom. The van der Waals surface area contributed by atoms with Crippen molar-refractivity contribution < 1.29 is 23.8 Å². The molecule has 7 nitrogen and oxygen atoms in total. The molecule has 0 N–H and O–H groups in total. The number of methoxy groups -OCH3 is 1. The second-order valence-electron chi connectivity index (χ2n) is 6.31. The summed E-state index contributed by atoms with van der Waals surface area (Å²) in [5.41, 5.74) is -0.518. The summed E-state index contributed by atoms with van der Waals surface area (Å²) in [7, 11) is 1.61. The molecule has 22 heavy (non-hydrogen) atoms. The zero-order valence-corrected chi connectivity index (χ0v) is 14.3. The molecule has 0 aromatic carbocycles. The predicted octanol–water partition coefficient (Wildman–Crippen LogP) is 1.12. The number of hydrogen-bond donors (Lipinski definition) is 0. The summed E-state index contributed by atoms with van der Waals surface area (Å²) in [6, 6.07) is -0.0457. The highest BCUT2D eigenvalue weighted by molar-refractivity contribution is 5.72. The van der Waals surface area contributed by atoms with Crippen LogP contribution < -0.4 is 0 Å². The Hall–Kier alpha value is -1.34. The summed E-state index contributed by atoms with van der Waals surface area (Å²) >= 11 is 0. The zero-order valence-electron chi connectivity index (χ0n) is 14.3. The highest BCUT2D eigenvalue weighted by Gasteiger charge is 2.32. The summed E-state index contributed by atoms with van der Waals surface area (Å²) in [6.45, 7) is 9.92. The van der Waals surface area contributed by atoms with Crippen molar-refractivity contribution in [1.82, 2.24) is 9.80 Å². The van der Waals surface area contributed by atoms with Gasteiger partial charge in [0.15, 0.2) is 0 Å². The van der Waals surface area contributed by atoms with E-state index < -0.39 is 5.60 Å². The van der Waals surface area contributed by atoms with Crippen LogP contribution in [0.5, 0.6) is 0 Å². The lowest BCUT2D eigenvalue weighted by molar-refractivity contribution is -0.146. The van der Waals surface area contributed by atoms with E-state index in [0.717, 1.165) is 0 Å². The normalized spacial score (nSPS) is 19.9. The monoisotopic (exact) mass is 316 g/mol. The van der Waals surface area contributed by atoms with E-state index in [1.165, 1.54) is 0 Å². The molecule has 1 amide bonds. The van der Waals surface area contributed by atoms with E-state index in [2.05, 4.69) is 0 Å². The van der Waals surface area contributed by atoms with Crippen LogP contribution in [0.25, 0.3) is 0 Å². The summed E-state index contributed by atoms with van der Waals surface area (Å²) < 4.78 is 15.6. The van der Waals surface area contributed by atoms with Gasteiger partial charge in [0.25, 0.3) is 0 Å². The molecule has 0 unspecified atom stereocenters. The topological polar surface area (TPSA) is 68.3 Å². The van der Waals surface area contributed by atoms with Gasteiger partial charge in [-0.1, -0.05) is 0 Å². The van der Waals surface area contributed by atoms with Crippen molar-refractivity contribution in [3.63, 3.8) is 0 Å². The maximum Gasteiger partial charge on any atom is 0.410 e. The van der Waals surface area contributed by atoms with Crippen molar-refractivity contribution in [2.24, 2.45) is 0 Å². The lowest BCUT2D eigenvalue weighted by atomic mass is 10.1. The third-order valence-electron chi connectivity index (χ3n) is 3.25. The SMILES string of the molecule is CCOC(=O)CN1CCN(C(=O)OC(C)(C)C)C[C@@H]1COC. The van der Waals surface area contributed by atoms with Gasteiger partial charge in [0.05, 0.1) is 25.8 Å². The standard InChI is InChI=1S/C15H28N2O5/c1-6-21-13(18)10-16-7-8-17(9-12(16)11-20-5)14(19)22-15(2,3)4/h12H,6-11H2,1-5H3/t12-/m1/s1. The number of piperazine rings is 1. The molecule has 1 aliphatic heterocycles. The fourth-order valence-electron chi connectivity index (χ4n) is 2.32. The average Bonchev–Trinajstić information content (AvgIpc) is 2.39. The van der Waals surface area contributed by atoms with Gasteiger partial charge in [-0.05, 0) is 27.7 Å². The van der Waals surface area contributed by atoms with E-state index in [4.69, 9.17) is 14.2 Å². The summed E-state index contributed by atoms with van der Waals surface area (Å²) in [5, 5.41) is 0. The minimum atomic E-state index is -0.518. The van der Waals surface area contributed by atoms with Crippen molar-refractivity contribution in [3.05, 3.63) is 0 Å². The molecule has 7 heteroatoms. The maximum absolute atomic E-state index is 12.1. The van der Waals surface area contributed by atoms with Crippen LogP contribution in [0.15, 0.2) is 0 Å². The van der Waals surface area contributed by atoms with Gasteiger partial charge in [0.1, 0.15) is 5.60 Å². The summed E-state index contributed by atoms with van der Waals surface area (Å²) in [4.78, 5) is 27.5. The van der Waals surface area contributed by atoms with Gasteiger partial charge in [-0.15, -0.1) is 0 Å². The molecule has 0 aromatic rings. The number of ether oxygens (including phenoxy) is 3. The number of carbonyl (C=O) groups excluding carboxylic acids is 2. The number of nitrogens with zero attached hydrogens (tertiary/aromatic N) is 2. The number of rotatable bonds is 5. The van der Waals surface area contributed by atoms with E-state index in [-0.39, 0.29) is 24.6 Å². The minimum absolute atomic E-state index is 0.0457. The lowest BCUT2D eigenvalue weighted by Crippen LogP contribution is -2.58. The molecule has 0 bridgehead atoms. The van der Waals surface area contributed by atoms with Crippen LogP contribution in [0.2, 0.25) is 0 Å². The number of carbonyl (C=O) groups is 2. The molecular weight excluding hydrogens is 288 g/mol. The van der Waals surface area contributed by atoms with Crippen LogP contribution in [-0.2, 0) is 19.0 Å². The van der Waals surface area contributed by atoms with E-state index >= 15 is 0 Å². The minimum Gasteiger partial charge on any atom is -0.465 e. The number of amides is 1. The van der Waals surface area contributed by atoms with E-state index in [9.17, 15) is 9.59 Å². The fourth-order valence-corrected chi connectivity index (χ4v) is 2.32. The molecule has 0 radical (unpaired) electrons. The van der Waals surface area contributed by atoms with Gasteiger partial charge < -0.3 is 19.1 Å². The van der Waals surface area contributed by atoms with Gasteiger partial charge in [0.2, 0.25) is 0 Å². The first kappa shape index (κ1) is 18.7. The molecule has 1 saturated heterocycles. The summed E-state index contributed by atoms with van der Waals surface area (Å²) in [6.07, 6.45) is -0.329. The Bertz CT molecular complexity index is 381. The van der Waals surface area contributed by atoms with Gasteiger partial charge in [-0.2, -0.15) is 0 Å². The molecule has 0 aliphatic carbocycles. The molecule has 1 aliphatic rings. The van der Waals surface area contributed by atoms with Gasteiger partial charge in [0, 0.05) is 26.7 Å². The Labute approximate surface area is 132 Å². The van der Waals surface area contributed by atoms with Crippen molar-refractivity contribution in [1.29, 1.82) is 0 Å². The zero-order chi connectivity index (χ0) is 16.8. The average molecular weight is 316 g/mol. The molecule has 128 valence electrons. The number of esters is 1. The van der Waals surface area contributed by atoms with Crippen molar-refractivity contribution in [3.8, 4) is 0 Å². The molecule has 1 heterocycles. The largest absolute Gasteiger partial charge is 0.465 e. The Morgan fingerprint density at radius 1 is 1.23 bits per heavy atom. The smallest absolute Gasteiger partial charge is 0.410 e.